The van der Waals surface area contributed by atoms with Crippen molar-refractivity contribution >= 4 is 18.6 Å². The van der Waals surface area contributed by atoms with Gasteiger partial charge in [0.1, 0.15) is 6.61 Å². The molecule has 0 radical (unpaired) electrons. The number of carbonyl (C=O) groups excluding carboxylic acids is 1. The maximum Gasteiger partial charge on any atom is 0.305 e. The highest BCUT2D eigenvalue weighted by molar-refractivity contribution is 7.80. The molecule has 0 spiro atoms. The average Bonchev–Trinajstić information content (AvgIpc) is 2.01. The lowest BCUT2D eigenvalue weighted by Crippen LogP contribution is -2.09. The molecule has 0 N–H and O–H groups in total. The van der Waals surface area contributed by atoms with Crippen molar-refractivity contribution in [1.82, 2.24) is 0 Å². The van der Waals surface area contributed by atoms with Gasteiger partial charge in [0.25, 0.3) is 0 Å². The highest BCUT2D eigenvalue weighted by atomic mass is 32.1. The molecule has 0 fully saturated rings. The molecule has 0 saturated carbocycles. The number of hydrogen-bond acceptors (Lipinski definition) is 4. The van der Waals surface area contributed by atoms with Gasteiger partial charge in [0.15, 0.2) is 0 Å². The fourth-order valence-electron chi connectivity index (χ4n) is 0.534. The van der Waals surface area contributed by atoms with E-state index in [1.165, 1.54) is 0 Å². The van der Waals surface area contributed by atoms with E-state index < -0.39 is 0 Å². The number of rotatable bonds is 6. The van der Waals surface area contributed by atoms with Crippen molar-refractivity contribution in [2.24, 2.45) is 0 Å². The van der Waals surface area contributed by atoms with E-state index in [0.717, 1.165) is 12.2 Å². The smallest absolute Gasteiger partial charge is 0.305 e. The standard InChI is InChI=1S/C7H14O3S/c1-9-4-5-10-7(8)3-2-6-11/h11H,2-6H2,1H3. The van der Waals surface area contributed by atoms with Gasteiger partial charge in [0.2, 0.25) is 0 Å². The molecule has 0 aromatic rings. The average molecular weight is 178 g/mol. The zero-order valence-corrected chi connectivity index (χ0v) is 7.60. The van der Waals surface area contributed by atoms with E-state index in [9.17, 15) is 4.79 Å². The number of esters is 1. The molecule has 0 amide bonds. The molecule has 0 heterocycles. The third-order valence-corrected chi connectivity index (χ3v) is 1.41. The van der Waals surface area contributed by atoms with Gasteiger partial charge in [0, 0.05) is 13.5 Å². The second kappa shape index (κ2) is 7.88. The first-order valence-electron chi connectivity index (χ1n) is 3.56. The monoisotopic (exact) mass is 178 g/mol. The third-order valence-electron chi connectivity index (χ3n) is 1.09. The van der Waals surface area contributed by atoms with Crippen molar-refractivity contribution in [3.8, 4) is 0 Å². The Morgan fingerprint density at radius 2 is 2.18 bits per heavy atom. The van der Waals surface area contributed by atoms with Crippen molar-refractivity contribution in [2.45, 2.75) is 12.8 Å². The maximum absolute atomic E-state index is 10.8. The summed E-state index contributed by atoms with van der Waals surface area (Å²) >= 11 is 3.97. The van der Waals surface area contributed by atoms with E-state index in [0.29, 0.717) is 19.6 Å². The minimum Gasteiger partial charge on any atom is -0.463 e. The quantitative estimate of drug-likeness (QED) is 0.372. The number of thiol groups is 1. The van der Waals surface area contributed by atoms with Gasteiger partial charge in [-0.3, -0.25) is 4.79 Å². The van der Waals surface area contributed by atoms with Crippen molar-refractivity contribution in [3.63, 3.8) is 0 Å². The molecule has 0 bridgehead atoms. The van der Waals surface area contributed by atoms with Gasteiger partial charge in [-0.1, -0.05) is 0 Å². The number of methoxy groups -OCH3 is 1. The molecule has 0 atom stereocenters. The van der Waals surface area contributed by atoms with Gasteiger partial charge >= 0.3 is 5.97 Å². The molecule has 11 heavy (non-hydrogen) atoms. The summed E-state index contributed by atoms with van der Waals surface area (Å²) in [6.45, 7) is 0.814. The molecular weight excluding hydrogens is 164 g/mol. The minimum absolute atomic E-state index is 0.170. The summed E-state index contributed by atoms with van der Waals surface area (Å²) in [4.78, 5) is 10.8. The fraction of sp³-hybridized carbons (Fsp3) is 0.857. The highest BCUT2D eigenvalue weighted by Gasteiger charge is 1.99. The van der Waals surface area contributed by atoms with E-state index in [-0.39, 0.29) is 5.97 Å². The molecule has 3 nitrogen and oxygen atoms in total. The van der Waals surface area contributed by atoms with Crippen LogP contribution in [0.5, 0.6) is 0 Å². The summed E-state index contributed by atoms with van der Waals surface area (Å²) in [6.07, 6.45) is 1.22. The second-order valence-electron chi connectivity index (χ2n) is 2.04. The van der Waals surface area contributed by atoms with E-state index in [4.69, 9.17) is 9.47 Å². The molecule has 0 unspecified atom stereocenters. The Bertz CT molecular complexity index is 106. The van der Waals surface area contributed by atoms with E-state index in [2.05, 4.69) is 12.6 Å². The summed E-state index contributed by atoms with van der Waals surface area (Å²) in [5.41, 5.74) is 0. The Hall–Kier alpha value is -0.220. The van der Waals surface area contributed by atoms with Crippen molar-refractivity contribution in [2.75, 3.05) is 26.1 Å². The van der Waals surface area contributed by atoms with Crippen LogP contribution in [0.4, 0.5) is 0 Å². The van der Waals surface area contributed by atoms with E-state index in [1.54, 1.807) is 7.11 Å². The summed E-state index contributed by atoms with van der Waals surface area (Å²) in [5.74, 6) is 0.551. The Balaban J connectivity index is 3.09. The van der Waals surface area contributed by atoms with Gasteiger partial charge in [-0.2, -0.15) is 12.6 Å². The van der Waals surface area contributed by atoms with Crippen LogP contribution in [0.15, 0.2) is 0 Å². The third kappa shape index (κ3) is 7.68. The van der Waals surface area contributed by atoms with Crippen molar-refractivity contribution in [3.05, 3.63) is 0 Å². The molecule has 0 aliphatic rings. The van der Waals surface area contributed by atoms with Crippen LogP contribution >= 0.6 is 12.6 Å². The SMILES string of the molecule is COCCOC(=O)CCCS. The summed E-state index contributed by atoms with van der Waals surface area (Å²) < 4.78 is 9.49. The molecule has 4 heteroatoms. The van der Waals surface area contributed by atoms with Crippen molar-refractivity contribution in [1.29, 1.82) is 0 Å². The predicted octanol–water partition coefficient (Wildman–Crippen LogP) is 0.886. The fourth-order valence-corrected chi connectivity index (χ4v) is 0.693. The normalized spacial score (nSPS) is 9.64. The Morgan fingerprint density at radius 1 is 1.45 bits per heavy atom. The van der Waals surface area contributed by atoms with Crippen LogP contribution in [0.1, 0.15) is 12.8 Å². The Morgan fingerprint density at radius 3 is 2.73 bits per heavy atom. The lowest BCUT2D eigenvalue weighted by atomic mass is 10.3. The van der Waals surface area contributed by atoms with Crippen LogP contribution in [0, 0.1) is 0 Å². The van der Waals surface area contributed by atoms with Gasteiger partial charge < -0.3 is 9.47 Å². The largest absolute Gasteiger partial charge is 0.463 e. The van der Waals surface area contributed by atoms with Gasteiger partial charge in [-0.25, -0.2) is 0 Å². The van der Waals surface area contributed by atoms with Crippen LogP contribution in [0.25, 0.3) is 0 Å². The molecule has 0 aromatic carbocycles. The Labute approximate surface area is 72.5 Å². The lowest BCUT2D eigenvalue weighted by molar-refractivity contribution is -0.144. The number of carbonyl (C=O) groups is 1. The highest BCUT2D eigenvalue weighted by Crippen LogP contribution is 1.94. The summed E-state index contributed by atoms with van der Waals surface area (Å²) in [6, 6.07) is 0. The molecule has 0 rings (SSSR count). The van der Waals surface area contributed by atoms with Crippen LogP contribution in [0.2, 0.25) is 0 Å². The minimum atomic E-state index is -0.170. The molecule has 0 saturated heterocycles. The number of ether oxygens (including phenoxy) is 2. The van der Waals surface area contributed by atoms with Crippen LogP contribution in [-0.4, -0.2) is 32.0 Å². The first-order valence-corrected chi connectivity index (χ1v) is 4.20. The second-order valence-corrected chi connectivity index (χ2v) is 2.49. The molecule has 66 valence electrons. The number of hydrogen-bond donors (Lipinski definition) is 1. The molecule has 0 aliphatic carbocycles. The van der Waals surface area contributed by atoms with Gasteiger partial charge in [-0.05, 0) is 12.2 Å². The van der Waals surface area contributed by atoms with Crippen LogP contribution < -0.4 is 0 Å². The van der Waals surface area contributed by atoms with E-state index in [1.807, 2.05) is 0 Å². The topological polar surface area (TPSA) is 35.5 Å². The molecule has 0 aliphatic heterocycles. The van der Waals surface area contributed by atoms with E-state index >= 15 is 0 Å². The lowest BCUT2D eigenvalue weighted by Gasteiger charge is -2.01. The van der Waals surface area contributed by atoms with Gasteiger partial charge in [-0.15, -0.1) is 0 Å². The maximum atomic E-state index is 10.8. The van der Waals surface area contributed by atoms with Crippen molar-refractivity contribution < 1.29 is 14.3 Å². The summed E-state index contributed by atoms with van der Waals surface area (Å²) in [7, 11) is 1.57. The Kier molecular flexibility index (Phi) is 7.72. The predicted molar refractivity (Wildman–Crippen MR) is 45.9 cm³/mol. The van der Waals surface area contributed by atoms with Crippen LogP contribution in [-0.2, 0) is 14.3 Å². The zero-order valence-electron chi connectivity index (χ0n) is 6.71. The van der Waals surface area contributed by atoms with Crippen LogP contribution in [0.3, 0.4) is 0 Å². The first kappa shape index (κ1) is 10.8. The molecule has 0 aromatic heterocycles. The van der Waals surface area contributed by atoms with Gasteiger partial charge in [0.05, 0.1) is 6.61 Å². The first-order chi connectivity index (χ1) is 5.31. The summed E-state index contributed by atoms with van der Waals surface area (Å²) in [5, 5.41) is 0. The zero-order chi connectivity index (χ0) is 8.53. The molecular formula is C7H14O3S.